The molecule has 0 bridgehead atoms. The Labute approximate surface area is 129 Å². The van der Waals surface area contributed by atoms with Crippen molar-refractivity contribution >= 4 is 37.1 Å². The molecule has 1 fully saturated rings. The van der Waals surface area contributed by atoms with E-state index in [1.54, 1.807) is 6.92 Å². The third-order valence-corrected chi connectivity index (χ3v) is 7.15. The minimum Gasteiger partial charge on any atom is -0.398 e. The first-order valence-electron chi connectivity index (χ1n) is 6.36. The van der Waals surface area contributed by atoms with E-state index in [2.05, 4.69) is 4.72 Å². The van der Waals surface area contributed by atoms with Crippen LogP contribution in [0.5, 0.6) is 0 Å². The van der Waals surface area contributed by atoms with Crippen LogP contribution in [0.15, 0.2) is 17.0 Å². The predicted octanol–water partition coefficient (Wildman–Crippen LogP) is 0.944. The average Bonchev–Trinajstić information content (AvgIpc) is 2.71. The van der Waals surface area contributed by atoms with Gasteiger partial charge < -0.3 is 5.73 Å². The number of hydrogen-bond donors (Lipinski definition) is 2. The van der Waals surface area contributed by atoms with Crippen LogP contribution in [0.2, 0.25) is 5.02 Å². The van der Waals surface area contributed by atoms with Gasteiger partial charge in [0.2, 0.25) is 10.0 Å². The highest BCUT2D eigenvalue weighted by Gasteiger charge is 2.29. The van der Waals surface area contributed by atoms with Crippen molar-refractivity contribution < 1.29 is 16.8 Å². The van der Waals surface area contributed by atoms with Crippen LogP contribution in [-0.2, 0) is 19.9 Å². The molecule has 21 heavy (non-hydrogen) atoms. The summed E-state index contributed by atoms with van der Waals surface area (Å²) in [4.78, 5) is 0.0216. The number of benzene rings is 1. The summed E-state index contributed by atoms with van der Waals surface area (Å²) in [5.74, 6) is -0.0593. The molecule has 1 aliphatic rings. The lowest BCUT2D eigenvalue weighted by atomic mass is 10.1. The molecule has 6 nitrogen and oxygen atoms in total. The summed E-state index contributed by atoms with van der Waals surface area (Å²) in [5.41, 5.74) is 6.44. The van der Waals surface area contributed by atoms with Gasteiger partial charge in [-0.25, -0.2) is 21.6 Å². The Morgan fingerprint density at radius 3 is 2.67 bits per heavy atom. The van der Waals surface area contributed by atoms with Crippen LogP contribution in [0.1, 0.15) is 12.0 Å². The molecule has 0 amide bonds. The lowest BCUT2D eigenvalue weighted by molar-refractivity contribution is 0.543. The Hall–Kier alpha value is -0.830. The summed E-state index contributed by atoms with van der Waals surface area (Å²) in [6.45, 7) is 1.69. The van der Waals surface area contributed by atoms with Crippen molar-refractivity contribution in [3.63, 3.8) is 0 Å². The number of nitrogens with one attached hydrogen (secondary N) is 1. The highest BCUT2D eigenvalue weighted by Crippen LogP contribution is 2.26. The summed E-state index contributed by atoms with van der Waals surface area (Å²) in [5, 5.41) is 0.238. The first-order chi connectivity index (χ1) is 9.61. The van der Waals surface area contributed by atoms with Gasteiger partial charge in [0.1, 0.15) is 0 Å². The standard InChI is InChI=1S/C12H17ClN2O4S2/c1-8-11(14)4-10(13)5-12(8)21(18,19)15-6-9-2-3-20(16,17)7-9/h4-5,9,15H,2-3,6-7,14H2,1H3. The maximum absolute atomic E-state index is 12.3. The van der Waals surface area contributed by atoms with Gasteiger partial charge in [-0.15, -0.1) is 0 Å². The number of halogens is 1. The zero-order valence-electron chi connectivity index (χ0n) is 11.5. The van der Waals surface area contributed by atoms with Crippen molar-refractivity contribution in [2.45, 2.75) is 18.2 Å². The van der Waals surface area contributed by atoms with Gasteiger partial charge in [0.25, 0.3) is 0 Å². The second-order valence-electron chi connectivity index (χ2n) is 5.24. The van der Waals surface area contributed by atoms with E-state index < -0.39 is 19.9 Å². The first-order valence-corrected chi connectivity index (χ1v) is 10.0. The number of sulfonamides is 1. The van der Waals surface area contributed by atoms with Crippen LogP contribution in [0.4, 0.5) is 5.69 Å². The Kier molecular flexibility index (Phi) is 4.53. The first kappa shape index (κ1) is 16.5. The van der Waals surface area contributed by atoms with Gasteiger partial charge in [-0.3, -0.25) is 0 Å². The topological polar surface area (TPSA) is 106 Å². The molecule has 1 aliphatic heterocycles. The molecule has 0 aliphatic carbocycles. The van der Waals surface area contributed by atoms with Gasteiger partial charge in [-0.2, -0.15) is 0 Å². The monoisotopic (exact) mass is 352 g/mol. The molecule has 1 aromatic carbocycles. The largest absolute Gasteiger partial charge is 0.398 e. The van der Waals surface area contributed by atoms with Crippen LogP contribution >= 0.6 is 11.6 Å². The molecule has 1 heterocycles. The number of sulfone groups is 1. The number of nitrogens with two attached hydrogens (primary N) is 1. The summed E-state index contributed by atoms with van der Waals surface area (Å²) in [6.07, 6.45) is 0.474. The molecular weight excluding hydrogens is 336 g/mol. The Morgan fingerprint density at radius 2 is 2.10 bits per heavy atom. The summed E-state index contributed by atoms with van der Waals surface area (Å²) in [6, 6.07) is 2.82. The van der Waals surface area contributed by atoms with E-state index in [0.29, 0.717) is 17.7 Å². The lowest BCUT2D eigenvalue weighted by Crippen LogP contribution is -2.30. The molecule has 1 saturated heterocycles. The van der Waals surface area contributed by atoms with E-state index in [0.717, 1.165) is 0 Å². The van der Waals surface area contributed by atoms with E-state index in [9.17, 15) is 16.8 Å². The maximum Gasteiger partial charge on any atom is 0.240 e. The molecule has 118 valence electrons. The van der Waals surface area contributed by atoms with Crippen LogP contribution in [0.3, 0.4) is 0 Å². The zero-order valence-corrected chi connectivity index (χ0v) is 13.9. The number of rotatable bonds is 4. The van der Waals surface area contributed by atoms with Crippen molar-refractivity contribution in [1.29, 1.82) is 0 Å². The molecule has 0 saturated carbocycles. The number of hydrogen-bond acceptors (Lipinski definition) is 5. The molecule has 3 N–H and O–H groups in total. The Morgan fingerprint density at radius 1 is 1.43 bits per heavy atom. The van der Waals surface area contributed by atoms with Crippen molar-refractivity contribution in [1.82, 2.24) is 4.72 Å². The minimum absolute atomic E-state index is 0.0200. The van der Waals surface area contributed by atoms with Gasteiger partial charge in [0.15, 0.2) is 9.84 Å². The minimum atomic E-state index is -3.77. The van der Waals surface area contributed by atoms with E-state index in [1.807, 2.05) is 0 Å². The quantitative estimate of drug-likeness (QED) is 0.784. The fraction of sp³-hybridized carbons (Fsp3) is 0.500. The summed E-state index contributed by atoms with van der Waals surface area (Å²) in [7, 11) is -6.80. The van der Waals surface area contributed by atoms with Crippen molar-refractivity contribution in [2.75, 3.05) is 23.8 Å². The van der Waals surface area contributed by atoms with Crippen LogP contribution in [-0.4, -0.2) is 34.9 Å². The molecule has 9 heteroatoms. The highest BCUT2D eigenvalue weighted by atomic mass is 35.5. The van der Waals surface area contributed by atoms with Crippen LogP contribution in [0, 0.1) is 12.8 Å². The Bertz CT molecular complexity index is 760. The smallest absolute Gasteiger partial charge is 0.240 e. The van der Waals surface area contributed by atoms with E-state index >= 15 is 0 Å². The second kappa shape index (κ2) is 5.75. The lowest BCUT2D eigenvalue weighted by Gasteiger charge is -2.13. The molecule has 2 rings (SSSR count). The predicted molar refractivity (Wildman–Crippen MR) is 82.6 cm³/mol. The molecule has 1 atom stereocenters. The number of nitrogen functional groups attached to an aromatic ring is 1. The summed E-state index contributed by atoms with van der Waals surface area (Å²) >= 11 is 5.84. The Balaban J connectivity index is 2.16. The SMILES string of the molecule is Cc1c(N)cc(Cl)cc1S(=O)(=O)NCC1CCS(=O)(=O)C1. The van der Waals surface area contributed by atoms with E-state index in [4.69, 9.17) is 17.3 Å². The van der Waals surface area contributed by atoms with Gasteiger partial charge in [-0.05, 0) is 37.0 Å². The maximum atomic E-state index is 12.3. The molecule has 1 unspecified atom stereocenters. The van der Waals surface area contributed by atoms with Crippen molar-refractivity contribution in [2.24, 2.45) is 5.92 Å². The molecule has 0 spiro atoms. The highest BCUT2D eigenvalue weighted by molar-refractivity contribution is 7.91. The summed E-state index contributed by atoms with van der Waals surface area (Å²) < 4.78 is 49.8. The molecular formula is C12H17ClN2O4S2. The van der Waals surface area contributed by atoms with Gasteiger partial charge in [-0.1, -0.05) is 11.6 Å². The normalized spacial score (nSPS) is 21.5. The van der Waals surface area contributed by atoms with Gasteiger partial charge in [0, 0.05) is 17.3 Å². The number of anilines is 1. The molecule has 1 aromatic rings. The van der Waals surface area contributed by atoms with E-state index in [1.165, 1.54) is 12.1 Å². The fourth-order valence-corrected chi connectivity index (χ4v) is 5.86. The van der Waals surface area contributed by atoms with Crippen LogP contribution in [0.25, 0.3) is 0 Å². The molecule has 0 radical (unpaired) electrons. The fourth-order valence-electron chi connectivity index (χ4n) is 2.29. The van der Waals surface area contributed by atoms with E-state index in [-0.39, 0.29) is 33.9 Å². The van der Waals surface area contributed by atoms with Crippen molar-refractivity contribution in [3.8, 4) is 0 Å². The average molecular weight is 353 g/mol. The second-order valence-corrected chi connectivity index (χ2v) is 9.64. The zero-order chi connectivity index (χ0) is 15.8. The third-order valence-electron chi connectivity index (χ3n) is 3.54. The van der Waals surface area contributed by atoms with Crippen molar-refractivity contribution in [3.05, 3.63) is 22.7 Å². The van der Waals surface area contributed by atoms with Gasteiger partial charge >= 0.3 is 0 Å². The van der Waals surface area contributed by atoms with Gasteiger partial charge in [0.05, 0.1) is 16.4 Å². The molecule has 0 aromatic heterocycles. The third kappa shape index (κ3) is 3.88. The van der Waals surface area contributed by atoms with Crippen LogP contribution < -0.4 is 10.5 Å².